The van der Waals surface area contributed by atoms with Gasteiger partial charge in [0.25, 0.3) is 5.91 Å². The Morgan fingerprint density at radius 2 is 1.83 bits per heavy atom. The van der Waals surface area contributed by atoms with Gasteiger partial charge in [0.2, 0.25) is 5.91 Å². The van der Waals surface area contributed by atoms with E-state index < -0.39 is 23.9 Å². The second kappa shape index (κ2) is 10.4. The Morgan fingerprint density at radius 3 is 2.56 bits per heavy atom. The van der Waals surface area contributed by atoms with Gasteiger partial charge in [0, 0.05) is 10.9 Å². The summed E-state index contributed by atoms with van der Waals surface area (Å²) in [7, 11) is 1.56. The maximum absolute atomic E-state index is 13.2. The second-order valence-electron chi connectivity index (χ2n) is 9.01. The number of H-pyrrole nitrogens is 2. The van der Waals surface area contributed by atoms with Gasteiger partial charge in [-0.15, -0.1) is 0 Å². The van der Waals surface area contributed by atoms with Crippen molar-refractivity contribution in [3.05, 3.63) is 64.7 Å². The predicted octanol–water partition coefficient (Wildman–Crippen LogP) is 2.67. The normalized spacial score (nSPS) is 12.9. The Balaban J connectivity index is 1.51. The van der Waals surface area contributed by atoms with Gasteiger partial charge in [0.15, 0.2) is 0 Å². The number of nitrogens with zero attached hydrogens (tertiary/aromatic N) is 2. The minimum atomic E-state index is -0.974. The molecule has 2 aromatic heterocycles. The summed E-state index contributed by atoms with van der Waals surface area (Å²) in [4.78, 5) is 44.4. The van der Waals surface area contributed by atoms with Crippen LogP contribution in [0, 0.1) is 17.2 Å². The molecule has 0 bridgehead atoms. The summed E-state index contributed by atoms with van der Waals surface area (Å²) in [5.41, 5.74) is 1.94. The van der Waals surface area contributed by atoms with E-state index >= 15 is 0 Å². The molecule has 4 aromatic rings. The van der Waals surface area contributed by atoms with E-state index in [1.54, 1.807) is 43.5 Å². The Bertz CT molecular complexity index is 1510. The van der Waals surface area contributed by atoms with Crippen molar-refractivity contribution in [1.82, 2.24) is 25.2 Å². The molecule has 0 aliphatic carbocycles. The number of fused-ring (bicyclic) bond motifs is 2. The minimum Gasteiger partial charge on any atom is -0.496 e. The lowest BCUT2D eigenvalue weighted by molar-refractivity contribution is -0.123. The third kappa shape index (κ3) is 5.10. The maximum atomic E-state index is 13.2. The molecule has 10 nitrogen and oxygen atoms in total. The first-order chi connectivity index (χ1) is 17.3. The Hall–Kier alpha value is -4.52. The van der Waals surface area contributed by atoms with Crippen LogP contribution >= 0.6 is 0 Å². The van der Waals surface area contributed by atoms with Gasteiger partial charge in [-0.25, -0.2) is 4.79 Å². The quantitative estimate of drug-likeness (QED) is 0.286. The molecule has 0 saturated carbocycles. The van der Waals surface area contributed by atoms with Gasteiger partial charge >= 0.3 is 5.69 Å². The van der Waals surface area contributed by atoms with Crippen molar-refractivity contribution in [1.29, 1.82) is 5.26 Å². The molecule has 4 rings (SSSR count). The predicted molar refractivity (Wildman–Crippen MR) is 136 cm³/mol. The van der Waals surface area contributed by atoms with E-state index in [9.17, 15) is 19.6 Å². The third-order valence-corrected chi connectivity index (χ3v) is 5.94. The van der Waals surface area contributed by atoms with E-state index in [1.807, 2.05) is 32.0 Å². The van der Waals surface area contributed by atoms with E-state index in [4.69, 9.17) is 4.74 Å². The topological polar surface area (TPSA) is 145 Å². The largest absolute Gasteiger partial charge is 0.496 e. The number of aromatic nitrogens is 3. The monoisotopic (exact) mass is 488 g/mol. The van der Waals surface area contributed by atoms with E-state index in [1.165, 1.54) is 4.57 Å². The van der Waals surface area contributed by atoms with Gasteiger partial charge in [-0.3, -0.25) is 14.2 Å². The van der Waals surface area contributed by atoms with Crippen LogP contribution in [-0.4, -0.2) is 45.5 Å². The highest BCUT2D eigenvalue weighted by atomic mass is 16.5. The molecule has 0 aliphatic rings. The molecule has 2 amide bonds. The average molecular weight is 489 g/mol. The van der Waals surface area contributed by atoms with Crippen LogP contribution in [0.4, 0.5) is 0 Å². The van der Waals surface area contributed by atoms with Crippen LogP contribution in [0.3, 0.4) is 0 Å². The zero-order chi connectivity index (χ0) is 25.8. The minimum absolute atomic E-state index is 0.0325. The number of amides is 2. The fraction of sp³-hybridized carbons (Fsp3) is 0.308. The molecule has 2 aromatic carbocycles. The number of ether oxygens (including phenoxy) is 1. The number of aromatic amines is 2. The van der Waals surface area contributed by atoms with Crippen molar-refractivity contribution < 1.29 is 14.3 Å². The van der Waals surface area contributed by atoms with Gasteiger partial charge < -0.3 is 25.3 Å². The first kappa shape index (κ1) is 24.6. The van der Waals surface area contributed by atoms with Crippen LogP contribution in [0.25, 0.3) is 21.9 Å². The average Bonchev–Trinajstić information content (AvgIpc) is 3.43. The summed E-state index contributed by atoms with van der Waals surface area (Å²) in [6.45, 7) is 3.84. The number of rotatable bonds is 9. The van der Waals surface area contributed by atoms with Crippen LogP contribution < -0.4 is 21.1 Å². The van der Waals surface area contributed by atoms with Crippen molar-refractivity contribution in [2.24, 2.45) is 5.92 Å². The molecule has 1 unspecified atom stereocenters. The first-order valence-electron chi connectivity index (χ1n) is 11.6. The van der Waals surface area contributed by atoms with Gasteiger partial charge in [0.05, 0.1) is 30.8 Å². The highest BCUT2D eigenvalue weighted by molar-refractivity contribution is 6.01. The van der Waals surface area contributed by atoms with Crippen LogP contribution in [0.2, 0.25) is 0 Å². The molecule has 4 N–H and O–H groups in total. The smallest absolute Gasteiger partial charge is 0.326 e. The Kier molecular flexibility index (Phi) is 7.10. The number of hydrogen-bond donors (Lipinski definition) is 4. The fourth-order valence-corrected chi connectivity index (χ4v) is 4.23. The van der Waals surface area contributed by atoms with Crippen LogP contribution in [0.1, 0.15) is 30.8 Å². The number of para-hydroxylation sites is 2. The number of carbonyl (C=O) groups is 2. The molecular formula is C26H28N6O4. The lowest BCUT2D eigenvalue weighted by Crippen LogP contribution is -2.51. The molecule has 36 heavy (non-hydrogen) atoms. The van der Waals surface area contributed by atoms with Gasteiger partial charge in [0.1, 0.15) is 23.5 Å². The number of nitriles is 1. The van der Waals surface area contributed by atoms with Crippen molar-refractivity contribution >= 4 is 33.8 Å². The summed E-state index contributed by atoms with van der Waals surface area (Å²) in [6, 6.07) is 14.4. The maximum Gasteiger partial charge on any atom is 0.326 e. The summed E-state index contributed by atoms with van der Waals surface area (Å²) in [6.07, 6.45) is 0.367. The van der Waals surface area contributed by atoms with Gasteiger partial charge in [-0.2, -0.15) is 5.26 Å². The van der Waals surface area contributed by atoms with Crippen molar-refractivity contribution in [2.75, 3.05) is 7.11 Å². The number of hydrogen-bond acceptors (Lipinski definition) is 5. The lowest BCUT2D eigenvalue weighted by atomic mass is 10.0. The summed E-state index contributed by atoms with van der Waals surface area (Å²) >= 11 is 0. The van der Waals surface area contributed by atoms with Gasteiger partial charge in [-0.05, 0) is 42.7 Å². The summed E-state index contributed by atoms with van der Waals surface area (Å²) < 4.78 is 6.77. The standard InChI is InChI=1S/C26H28N6O4/c1-15(2)11-20(30-25(34)21-12-17-18(29-21)8-6-10-23(17)36-3)24(33)28-16(13-27)14-32-22-9-5-4-7-19(22)31-26(32)35/h4-10,12,15-16,20,29H,11,14H2,1-3H3,(H,28,33)(H,30,34)(H,31,35)/t16?,20-/m0/s1. The lowest BCUT2D eigenvalue weighted by Gasteiger charge is -2.22. The summed E-state index contributed by atoms with van der Waals surface area (Å²) in [5, 5.41) is 15.9. The second-order valence-corrected chi connectivity index (χ2v) is 9.01. The van der Waals surface area contributed by atoms with Crippen molar-refractivity contribution in [2.45, 2.75) is 38.9 Å². The third-order valence-electron chi connectivity index (χ3n) is 5.94. The van der Waals surface area contributed by atoms with E-state index in [2.05, 4.69) is 20.6 Å². The number of methoxy groups -OCH3 is 1. The van der Waals surface area contributed by atoms with Crippen LogP contribution in [0.15, 0.2) is 53.3 Å². The highest BCUT2D eigenvalue weighted by Crippen LogP contribution is 2.26. The molecule has 0 saturated heterocycles. The van der Waals surface area contributed by atoms with Crippen molar-refractivity contribution in [3.63, 3.8) is 0 Å². The molecule has 0 aliphatic heterocycles. The van der Waals surface area contributed by atoms with Gasteiger partial charge in [-0.1, -0.05) is 32.0 Å². The first-order valence-corrected chi connectivity index (χ1v) is 11.6. The molecule has 0 spiro atoms. The van der Waals surface area contributed by atoms with E-state index in [0.717, 1.165) is 10.9 Å². The van der Waals surface area contributed by atoms with Crippen LogP contribution in [-0.2, 0) is 11.3 Å². The molecule has 0 fully saturated rings. The number of carbonyl (C=O) groups excluding carboxylic acids is 2. The van der Waals surface area contributed by atoms with E-state index in [0.29, 0.717) is 28.9 Å². The Labute approximate surface area is 207 Å². The molecule has 0 radical (unpaired) electrons. The SMILES string of the molecule is COc1cccc2[nH]c(C(=O)N[C@@H](CC(C)C)C(=O)NC(C#N)Cn3c(=O)[nH]c4ccccc43)cc12. The highest BCUT2D eigenvalue weighted by Gasteiger charge is 2.26. The molecule has 186 valence electrons. The fourth-order valence-electron chi connectivity index (χ4n) is 4.23. The molecule has 2 atom stereocenters. The molecular weight excluding hydrogens is 460 g/mol. The Morgan fingerprint density at radius 1 is 1.08 bits per heavy atom. The number of imidazole rings is 1. The molecule has 2 heterocycles. The number of nitrogens with one attached hydrogen (secondary N) is 4. The zero-order valence-electron chi connectivity index (χ0n) is 20.3. The number of benzene rings is 2. The van der Waals surface area contributed by atoms with E-state index in [-0.39, 0.29) is 18.2 Å². The van der Waals surface area contributed by atoms with Crippen LogP contribution in [0.5, 0.6) is 5.75 Å². The molecule has 10 heteroatoms. The zero-order valence-corrected chi connectivity index (χ0v) is 20.3. The summed E-state index contributed by atoms with van der Waals surface area (Å²) in [5.74, 6) is -0.218. The van der Waals surface area contributed by atoms with Crippen molar-refractivity contribution in [3.8, 4) is 11.8 Å².